The van der Waals surface area contributed by atoms with Gasteiger partial charge in [0, 0.05) is 16.9 Å². The summed E-state index contributed by atoms with van der Waals surface area (Å²) >= 11 is 0. The number of hydrogen-bond acceptors (Lipinski definition) is 3. The lowest BCUT2D eigenvalue weighted by atomic mass is 10.0. The predicted octanol–water partition coefficient (Wildman–Crippen LogP) is 2.99. The Labute approximate surface area is 148 Å². The summed E-state index contributed by atoms with van der Waals surface area (Å²) in [6, 6.07) is 15.3. The summed E-state index contributed by atoms with van der Waals surface area (Å²) in [7, 11) is 0. The SMILES string of the molecule is CC(C)(C)NCC(=O)Nc1ccc(-c2ccc(NC(=N)N)cc2)cc1. The van der Waals surface area contributed by atoms with Gasteiger partial charge in [0.1, 0.15) is 0 Å². The summed E-state index contributed by atoms with van der Waals surface area (Å²) in [5, 5.41) is 16.0. The third-order valence-electron chi connectivity index (χ3n) is 3.45. The Bertz CT molecular complexity index is 730. The van der Waals surface area contributed by atoms with Gasteiger partial charge in [0.2, 0.25) is 5.91 Å². The van der Waals surface area contributed by atoms with E-state index in [0.29, 0.717) is 0 Å². The molecule has 0 spiro atoms. The zero-order valence-electron chi connectivity index (χ0n) is 14.8. The second kappa shape index (κ2) is 7.81. The van der Waals surface area contributed by atoms with Gasteiger partial charge in [0.15, 0.2) is 5.96 Å². The quantitative estimate of drug-likeness (QED) is 0.427. The summed E-state index contributed by atoms with van der Waals surface area (Å²) < 4.78 is 0. The highest BCUT2D eigenvalue weighted by Crippen LogP contribution is 2.23. The standard InChI is InChI=1S/C19H25N5O/c1-19(2,3)22-12-17(25)23-15-8-4-13(5-9-15)14-6-10-16(11-7-14)24-18(20)21/h4-11,22H,12H2,1-3H3,(H,23,25)(H4,20,21,24). The van der Waals surface area contributed by atoms with Crippen LogP contribution in [0.4, 0.5) is 11.4 Å². The Morgan fingerprint density at radius 2 is 1.36 bits per heavy atom. The predicted molar refractivity (Wildman–Crippen MR) is 104 cm³/mol. The monoisotopic (exact) mass is 339 g/mol. The van der Waals surface area contributed by atoms with E-state index in [2.05, 4.69) is 16.0 Å². The maximum atomic E-state index is 11.9. The van der Waals surface area contributed by atoms with Crippen molar-refractivity contribution in [3.8, 4) is 11.1 Å². The highest BCUT2D eigenvalue weighted by atomic mass is 16.1. The van der Waals surface area contributed by atoms with Crippen molar-refractivity contribution in [2.45, 2.75) is 26.3 Å². The molecule has 0 saturated carbocycles. The second-order valence-corrected chi connectivity index (χ2v) is 6.85. The first kappa shape index (κ1) is 18.5. The number of guanidine groups is 1. The molecule has 0 aliphatic carbocycles. The van der Waals surface area contributed by atoms with Gasteiger partial charge in [-0.25, -0.2) is 0 Å². The molecule has 6 nitrogen and oxygen atoms in total. The molecule has 25 heavy (non-hydrogen) atoms. The summed E-state index contributed by atoms with van der Waals surface area (Å²) in [6.07, 6.45) is 0. The van der Waals surface area contributed by atoms with Crippen LogP contribution >= 0.6 is 0 Å². The van der Waals surface area contributed by atoms with Crippen molar-refractivity contribution < 1.29 is 4.79 Å². The second-order valence-electron chi connectivity index (χ2n) is 6.85. The molecule has 6 heteroatoms. The van der Waals surface area contributed by atoms with Gasteiger partial charge >= 0.3 is 0 Å². The van der Waals surface area contributed by atoms with Crippen LogP contribution in [0.5, 0.6) is 0 Å². The van der Waals surface area contributed by atoms with Gasteiger partial charge in [-0.2, -0.15) is 0 Å². The molecular weight excluding hydrogens is 314 g/mol. The summed E-state index contributed by atoms with van der Waals surface area (Å²) in [5.74, 6) is -0.156. The fourth-order valence-corrected chi connectivity index (χ4v) is 2.20. The molecule has 1 amide bonds. The van der Waals surface area contributed by atoms with Gasteiger partial charge in [-0.1, -0.05) is 24.3 Å². The Balaban J connectivity index is 1.97. The number of nitrogens with one attached hydrogen (secondary N) is 4. The fourth-order valence-electron chi connectivity index (χ4n) is 2.20. The first-order valence-electron chi connectivity index (χ1n) is 8.09. The Kier molecular flexibility index (Phi) is 5.77. The molecule has 0 aromatic heterocycles. The molecule has 0 heterocycles. The zero-order valence-corrected chi connectivity index (χ0v) is 14.8. The van der Waals surface area contributed by atoms with Crippen LogP contribution in [0.3, 0.4) is 0 Å². The normalized spacial score (nSPS) is 11.0. The van der Waals surface area contributed by atoms with E-state index in [1.165, 1.54) is 0 Å². The summed E-state index contributed by atoms with van der Waals surface area (Å²) in [6.45, 7) is 6.33. The fraction of sp³-hybridized carbons (Fsp3) is 0.263. The van der Waals surface area contributed by atoms with E-state index in [9.17, 15) is 4.79 Å². The van der Waals surface area contributed by atoms with Crippen LogP contribution in [0.25, 0.3) is 11.1 Å². The molecule has 6 N–H and O–H groups in total. The minimum Gasteiger partial charge on any atom is -0.370 e. The molecule has 0 fully saturated rings. The van der Waals surface area contributed by atoms with Crippen molar-refractivity contribution in [3.05, 3.63) is 48.5 Å². The molecule has 2 aromatic carbocycles. The first-order valence-corrected chi connectivity index (χ1v) is 8.09. The summed E-state index contributed by atoms with van der Waals surface area (Å²) in [5.41, 5.74) is 8.83. The first-order chi connectivity index (χ1) is 11.7. The molecule has 0 unspecified atom stereocenters. The van der Waals surface area contributed by atoms with Gasteiger partial charge in [-0.3, -0.25) is 10.2 Å². The topological polar surface area (TPSA) is 103 Å². The van der Waals surface area contributed by atoms with Crippen LogP contribution in [0.2, 0.25) is 0 Å². The van der Waals surface area contributed by atoms with E-state index < -0.39 is 0 Å². The average Bonchev–Trinajstić information content (AvgIpc) is 2.53. The third kappa shape index (κ3) is 6.27. The van der Waals surface area contributed by atoms with Crippen LogP contribution in [-0.4, -0.2) is 24.0 Å². The average molecular weight is 339 g/mol. The molecule has 2 rings (SSSR count). The highest BCUT2D eigenvalue weighted by Gasteiger charge is 2.11. The van der Waals surface area contributed by atoms with Gasteiger partial charge in [0.25, 0.3) is 0 Å². The van der Waals surface area contributed by atoms with Crippen molar-refractivity contribution in [2.75, 3.05) is 17.2 Å². The molecule has 0 radical (unpaired) electrons. The van der Waals surface area contributed by atoms with Crippen molar-refractivity contribution in [3.63, 3.8) is 0 Å². The molecule has 0 atom stereocenters. The van der Waals surface area contributed by atoms with Crippen molar-refractivity contribution in [1.29, 1.82) is 5.41 Å². The molecular formula is C19H25N5O. The summed E-state index contributed by atoms with van der Waals surface area (Å²) in [4.78, 5) is 11.9. The molecule has 0 bridgehead atoms. The number of nitrogens with two attached hydrogens (primary N) is 1. The van der Waals surface area contributed by atoms with Crippen molar-refractivity contribution >= 4 is 23.2 Å². The van der Waals surface area contributed by atoms with Gasteiger partial charge in [-0.05, 0) is 56.2 Å². The van der Waals surface area contributed by atoms with Crippen LogP contribution in [0, 0.1) is 5.41 Å². The van der Waals surface area contributed by atoms with E-state index in [4.69, 9.17) is 11.1 Å². The lowest BCUT2D eigenvalue weighted by molar-refractivity contribution is -0.115. The lowest BCUT2D eigenvalue weighted by Gasteiger charge is -2.20. The number of rotatable bonds is 5. The van der Waals surface area contributed by atoms with Gasteiger partial charge in [-0.15, -0.1) is 0 Å². The van der Waals surface area contributed by atoms with E-state index in [1.807, 2.05) is 69.3 Å². The number of benzene rings is 2. The number of amides is 1. The van der Waals surface area contributed by atoms with Crippen molar-refractivity contribution in [2.24, 2.45) is 5.73 Å². The molecule has 2 aromatic rings. The van der Waals surface area contributed by atoms with Gasteiger partial charge in [0.05, 0.1) is 6.54 Å². The van der Waals surface area contributed by atoms with Crippen LogP contribution in [0.1, 0.15) is 20.8 Å². The Morgan fingerprint density at radius 3 is 1.76 bits per heavy atom. The van der Waals surface area contributed by atoms with Crippen LogP contribution in [0.15, 0.2) is 48.5 Å². The van der Waals surface area contributed by atoms with Gasteiger partial charge < -0.3 is 21.7 Å². The third-order valence-corrected chi connectivity index (χ3v) is 3.45. The molecule has 132 valence electrons. The van der Waals surface area contributed by atoms with Crippen molar-refractivity contribution in [1.82, 2.24) is 5.32 Å². The number of carbonyl (C=O) groups excluding carboxylic acids is 1. The highest BCUT2D eigenvalue weighted by molar-refractivity contribution is 5.92. The van der Waals surface area contributed by atoms with E-state index in [-0.39, 0.29) is 24.0 Å². The molecule has 0 saturated heterocycles. The van der Waals surface area contributed by atoms with E-state index in [1.54, 1.807) is 0 Å². The number of hydrogen-bond donors (Lipinski definition) is 5. The number of carbonyl (C=O) groups is 1. The Morgan fingerprint density at radius 1 is 0.920 bits per heavy atom. The minimum absolute atomic E-state index is 0.0673. The molecule has 0 aliphatic heterocycles. The largest absolute Gasteiger partial charge is 0.370 e. The maximum absolute atomic E-state index is 11.9. The lowest BCUT2D eigenvalue weighted by Crippen LogP contribution is -2.41. The Hall–Kier alpha value is -2.86. The van der Waals surface area contributed by atoms with Crippen LogP contribution < -0.4 is 21.7 Å². The van der Waals surface area contributed by atoms with E-state index in [0.717, 1.165) is 22.5 Å². The maximum Gasteiger partial charge on any atom is 0.238 e. The smallest absolute Gasteiger partial charge is 0.238 e. The zero-order chi connectivity index (χ0) is 18.4. The molecule has 0 aliphatic rings. The number of anilines is 2. The van der Waals surface area contributed by atoms with Crippen LogP contribution in [-0.2, 0) is 4.79 Å². The van der Waals surface area contributed by atoms with E-state index >= 15 is 0 Å². The minimum atomic E-state index is -0.0927.